The summed E-state index contributed by atoms with van der Waals surface area (Å²) in [7, 11) is 0. The standard InChI is InChI=1S/C17H16F4N4O2/c18-12-2-1-11(13(9-12)17(19,20)21)10-24-5-7-25(8-6-24)15-4-3-14(16(26)27)22-23-15/h1-4,9H,5-8,10H2,(H,26,27). The minimum Gasteiger partial charge on any atom is -0.476 e. The topological polar surface area (TPSA) is 69.6 Å². The molecule has 0 radical (unpaired) electrons. The number of carboxylic acid groups (broad SMARTS) is 1. The molecule has 6 nitrogen and oxygen atoms in total. The average Bonchev–Trinajstić information content (AvgIpc) is 2.63. The number of anilines is 1. The van der Waals surface area contributed by atoms with E-state index in [1.54, 1.807) is 6.07 Å². The minimum absolute atomic E-state index is 0.0305. The number of aromatic nitrogens is 2. The zero-order valence-corrected chi connectivity index (χ0v) is 14.1. The van der Waals surface area contributed by atoms with Gasteiger partial charge in [-0.1, -0.05) is 6.07 Å². The fourth-order valence-electron chi connectivity index (χ4n) is 2.93. The highest BCUT2D eigenvalue weighted by atomic mass is 19.4. The van der Waals surface area contributed by atoms with Crippen LogP contribution in [-0.2, 0) is 12.7 Å². The predicted molar refractivity (Wildman–Crippen MR) is 87.9 cm³/mol. The lowest BCUT2D eigenvalue weighted by Gasteiger charge is -2.35. The number of hydrogen-bond acceptors (Lipinski definition) is 5. The van der Waals surface area contributed by atoms with Crippen LogP contribution in [0.4, 0.5) is 23.4 Å². The van der Waals surface area contributed by atoms with E-state index in [9.17, 15) is 22.4 Å². The number of aromatic carboxylic acids is 1. The quantitative estimate of drug-likeness (QED) is 0.818. The zero-order valence-electron chi connectivity index (χ0n) is 14.1. The molecule has 2 heterocycles. The van der Waals surface area contributed by atoms with Gasteiger partial charge in [0.1, 0.15) is 5.82 Å². The number of nitrogens with zero attached hydrogens (tertiary/aromatic N) is 4. The number of halogens is 4. The van der Waals surface area contributed by atoms with Crippen molar-refractivity contribution in [3.63, 3.8) is 0 Å². The molecule has 27 heavy (non-hydrogen) atoms. The van der Waals surface area contributed by atoms with Crippen LogP contribution in [0.2, 0.25) is 0 Å². The lowest BCUT2D eigenvalue weighted by atomic mass is 10.1. The van der Waals surface area contributed by atoms with Crippen molar-refractivity contribution in [2.24, 2.45) is 0 Å². The Morgan fingerprint density at radius 1 is 1.07 bits per heavy atom. The summed E-state index contributed by atoms with van der Waals surface area (Å²) in [4.78, 5) is 14.5. The van der Waals surface area contributed by atoms with Crippen LogP contribution in [0.25, 0.3) is 0 Å². The van der Waals surface area contributed by atoms with Crippen LogP contribution in [-0.4, -0.2) is 52.4 Å². The van der Waals surface area contributed by atoms with E-state index >= 15 is 0 Å². The summed E-state index contributed by atoms with van der Waals surface area (Å²) in [5.74, 6) is -1.57. The maximum atomic E-state index is 13.2. The van der Waals surface area contributed by atoms with E-state index in [0.717, 1.165) is 6.07 Å². The molecule has 0 amide bonds. The van der Waals surface area contributed by atoms with E-state index in [2.05, 4.69) is 10.2 Å². The largest absolute Gasteiger partial charge is 0.476 e. The lowest BCUT2D eigenvalue weighted by molar-refractivity contribution is -0.138. The van der Waals surface area contributed by atoms with Gasteiger partial charge in [0, 0.05) is 32.7 Å². The Hall–Kier alpha value is -2.75. The first-order chi connectivity index (χ1) is 12.7. The van der Waals surface area contributed by atoms with Crippen LogP contribution < -0.4 is 4.90 Å². The average molecular weight is 384 g/mol. The van der Waals surface area contributed by atoms with Gasteiger partial charge in [-0.2, -0.15) is 13.2 Å². The maximum Gasteiger partial charge on any atom is 0.416 e. The molecule has 1 aliphatic heterocycles. The summed E-state index contributed by atoms with van der Waals surface area (Å²) >= 11 is 0. The van der Waals surface area contributed by atoms with Gasteiger partial charge < -0.3 is 10.0 Å². The molecular weight excluding hydrogens is 368 g/mol. The zero-order chi connectivity index (χ0) is 19.6. The SMILES string of the molecule is O=C(O)c1ccc(N2CCN(Cc3ccc(F)cc3C(F)(F)F)CC2)nn1. The Bertz CT molecular complexity index is 819. The molecule has 0 saturated carbocycles. The summed E-state index contributed by atoms with van der Waals surface area (Å²) in [6, 6.07) is 5.62. The van der Waals surface area contributed by atoms with Crippen molar-refractivity contribution in [2.75, 3.05) is 31.1 Å². The fourth-order valence-corrected chi connectivity index (χ4v) is 2.93. The summed E-state index contributed by atoms with van der Waals surface area (Å²) in [6.07, 6.45) is -4.61. The first-order valence-electron chi connectivity index (χ1n) is 8.14. The van der Waals surface area contributed by atoms with Crippen molar-refractivity contribution < 1.29 is 27.5 Å². The van der Waals surface area contributed by atoms with Gasteiger partial charge in [0.25, 0.3) is 0 Å². The third-order valence-electron chi connectivity index (χ3n) is 4.34. The number of benzene rings is 1. The molecule has 1 aromatic heterocycles. The number of carboxylic acids is 1. The molecule has 10 heteroatoms. The van der Waals surface area contributed by atoms with Gasteiger partial charge >= 0.3 is 12.1 Å². The summed E-state index contributed by atoms with van der Waals surface area (Å²) < 4.78 is 52.5. The molecule has 0 aliphatic carbocycles. The van der Waals surface area contributed by atoms with Crippen molar-refractivity contribution in [3.05, 3.63) is 53.0 Å². The molecule has 2 aromatic rings. The third kappa shape index (κ3) is 4.51. The van der Waals surface area contributed by atoms with Crippen LogP contribution in [0.3, 0.4) is 0 Å². The second-order valence-electron chi connectivity index (χ2n) is 6.14. The van der Waals surface area contributed by atoms with Gasteiger partial charge in [0.15, 0.2) is 11.5 Å². The highest BCUT2D eigenvalue weighted by Crippen LogP contribution is 2.33. The Labute approximate surface area is 152 Å². The Kier molecular flexibility index (Phi) is 5.26. The Morgan fingerprint density at radius 3 is 2.33 bits per heavy atom. The first kappa shape index (κ1) is 19.0. The number of rotatable bonds is 4. The van der Waals surface area contributed by atoms with Gasteiger partial charge in [0.2, 0.25) is 0 Å². The molecule has 3 rings (SSSR count). The van der Waals surface area contributed by atoms with E-state index in [1.807, 2.05) is 9.80 Å². The number of alkyl halides is 3. The van der Waals surface area contributed by atoms with Crippen molar-refractivity contribution in [3.8, 4) is 0 Å². The smallest absolute Gasteiger partial charge is 0.416 e. The fraction of sp³-hybridized carbons (Fsp3) is 0.353. The molecule has 1 aliphatic rings. The summed E-state index contributed by atoms with van der Waals surface area (Å²) in [5, 5.41) is 16.3. The number of carbonyl (C=O) groups is 1. The number of piperazine rings is 1. The van der Waals surface area contributed by atoms with Crippen molar-refractivity contribution in [2.45, 2.75) is 12.7 Å². The van der Waals surface area contributed by atoms with Gasteiger partial charge in [-0.05, 0) is 29.8 Å². The van der Waals surface area contributed by atoms with Gasteiger partial charge in [0.05, 0.1) is 5.56 Å². The monoisotopic (exact) mass is 384 g/mol. The second kappa shape index (κ2) is 7.47. The van der Waals surface area contributed by atoms with Crippen LogP contribution in [0, 0.1) is 5.82 Å². The molecule has 0 bridgehead atoms. The summed E-state index contributed by atoms with van der Waals surface area (Å²) in [6.45, 7) is 2.04. The molecule has 1 aromatic carbocycles. The highest BCUT2D eigenvalue weighted by Gasteiger charge is 2.34. The van der Waals surface area contributed by atoms with E-state index in [1.165, 1.54) is 12.1 Å². The van der Waals surface area contributed by atoms with Gasteiger partial charge in [-0.15, -0.1) is 10.2 Å². The maximum absolute atomic E-state index is 13.2. The van der Waals surface area contributed by atoms with E-state index in [-0.39, 0.29) is 17.8 Å². The van der Waals surface area contributed by atoms with Crippen LogP contribution in [0.1, 0.15) is 21.6 Å². The third-order valence-corrected chi connectivity index (χ3v) is 4.34. The Morgan fingerprint density at radius 2 is 1.78 bits per heavy atom. The Balaban J connectivity index is 1.64. The van der Waals surface area contributed by atoms with Crippen LogP contribution >= 0.6 is 0 Å². The van der Waals surface area contributed by atoms with Gasteiger partial charge in [-0.3, -0.25) is 4.90 Å². The normalized spacial score (nSPS) is 15.8. The van der Waals surface area contributed by atoms with Crippen molar-refractivity contribution in [1.29, 1.82) is 0 Å². The minimum atomic E-state index is -4.61. The predicted octanol–water partition coefficient (Wildman–Crippen LogP) is 2.65. The highest BCUT2D eigenvalue weighted by molar-refractivity contribution is 5.85. The van der Waals surface area contributed by atoms with Crippen LogP contribution in [0.5, 0.6) is 0 Å². The molecule has 1 fully saturated rings. The first-order valence-corrected chi connectivity index (χ1v) is 8.14. The molecule has 0 atom stereocenters. The van der Waals surface area contributed by atoms with E-state index < -0.39 is 23.5 Å². The second-order valence-corrected chi connectivity index (χ2v) is 6.14. The summed E-state index contributed by atoms with van der Waals surface area (Å²) in [5.41, 5.74) is -1.09. The van der Waals surface area contributed by atoms with Crippen molar-refractivity contribution >= 4 is 11.8 Å². The van der Waals surface area contributed by atoms with E-state index in [4.69, 9.17) is 5.11 Å². The molecule has 144 valence electrons. The number of hydrogen-bond donors (Lipinski definition) is 1. The molecule has 1 saturated heterocycles. The molecule has 0 unspecified atom stereocenters. The van der Waals surface area contributed by atoms with Crippen molar-refractivity contribution in [1.82, 2.24) is 15.1 Å². The van der Waals surface area contributed by atoms with Crippen LogP contribution in [0.15, 0.2) is 30.3 Å². The molecule has 0 spiro atoms. The van der Waals surface area contributed by atoms with E-state index in [0.29, 0.717) is 38.1 Å². The lowest BCUT2D eigenvalue weighted by Crippen LogP contribution is -2.46. The van der Waals surface area contributed by atoms with Gasteiger partial charge in [-0.25, -0.2) is 9.18 Å². The molecule has 1 N–H and O–H groups in total. The molecular formula is C17H16F4N4O2.